The Labute approximate surface area is 173 Å². The molecule has 154 valence electrons. The molecule has 0 saturated heterocycles. The molecule has 0 fully saturated rings. The van der Waals surface area contributed by atoms with Gasteiger partial charge < -0.3 is 9.72 Å². The molecule has 10 heteroatoms. The minimum absolute atomic E-state index is 0.0458. The number of carbonyl (C=O) groups excluding carboxylic acids is 2. The van der Waals surface area contributed by atoms with Crippen molar-refractivity contribution in [3.8, 4) is 5.75 Å². The molecule has 31 heavy (non-hydrogen) atoms. The van der Waals surface area contributed by atoms with Gasteiger partial charge in [0.15, 0.2) is 0 Å². The van der Waals surface area contributed by atoms with E-state index < -0.39 is 16.7 Å². The van der Waals surface area contributed by atoms with E-state index in [9.17, 15) is 24.5 Å². The number of hydrogen-bond acceptors (Lipinski definition) is 6. The lowest BCUT2D eigenvalue weighted by atomic mass is 9.93. The third-order valence-corrected chi connectivity index (χ3v) is 5.49. The van der Waals surface area contributed by atoms with Crippen molar-refractivity contribution in [1.82, 2.24) is 9.55 Å². The number of fused-ring (bicyclic) bond motifs is 1. The number of benzene rings is 3. The number of anilines is 1. The average molecular weight is 418 g/mol. The van der Waals surface area contributed by atoms with Gasteiger partial charge in [0.25, 0.3) is 17.5 Å². The highest BCUT2D eigenvalue weighted by Crippen LogP contribution is 2.39. The summed E-state index contributed by atoms with van der Waals surface area (Å²) >= 11 is 0. The summed E-state index contributed by atoms with van der Waals surface area (Å²) in [6.07, 6.45) is 0. The number of aromatic nitrogens is 2. The Balaban J connectivity index is 1.81. The van der Waals surface area contributed by atoms with Crippen LogP contribution in [0.25, 0.3) is 21.8 Å². The van der Waals surface area contributed by atoms with E-state index in [2.05, 4.69) is 4.98 Å². The zero-order valence-electron chi connectivity index (χ0n) is 16.3. The van der Waals surface area contributed by atoms with Crippen LogP contribution >= 0.6 is 0 Å². The van der Waals surface area contributed by atoms with Gasteiger partial charge in [-0.05, 0) is 17.5 Å². The largest absolute Gasteiger partial charge is 0.494 e. The minimum atomic E-state index is -0.712. The van der Waals surface area contributed by atoms with Gasteiger partial charge in [-0.2, -0.15) is 0 Å². The summed E-state index contributed by atoms with van der Waals surface area (Å²) in [5.74, 6) is -1.11. The van der Waals surface area contributed by atoms with Crippen molar-refractivity contribution < 1.29 is 19.2 Å². The third-order valence-electron chi connectivity index (χ3n) is 5.49. The average Bonchev–Trinajstić information content (AvgIpc) is 3.03. The topological polar surface area (TPSA) is 128 Å². The first-order chi connectivity index (χ1) is 14.8. The Morgan fingerprint density at radius 1 is 1.03 bits per heavy atom. The van der Waals surface area contributed by atoms with Gasteiger partial charge in [-0.3, -0.25) is 24.3 Å². The first-order valence-electron chi connectivity index (χ1n) is 9.18. The van der Waals surface area contributed by atoms with Gasteiger partial charge in [0.2, 0.25) is 0 Å². The first-order valence-corrected chi connectivity index (χ1v) is 9.18. The summed E-state index contributed by atoms with van der Waals surface area (Å²) in [5.41, 5.74) is 0.743. The molecular formula is C21H14N4O6. The zero-order valence-corrected chi connectivity index (χ0v) is 16.3. The number of methoxy groups -OCH3 is 1. The van der Waals surface area contributed by atoms with E-state index in [1.807, 2.05) is 0 Å². The number of H-pyrrole nitrogens is 1. The Kier molecular flexibility index (Phi) is 3.75. The lowest BCUT2D eigenvalue weighted by Crippen LogP contribution is -2.40. The summed E-state index contributed by atoms with van der Waals surface area (Å²) < 4.78 is 6.73. The van der Waals surface area contributed by atoms with E-state index in [0.717, 1.165) is 4.90 Å². The molecule has 0 unspecified atom stereocenters. The monoisotopic (exact) mass is 418 g/mol. The molecule has 2 heterocycles. The molecule has 0 spiro atoms. The number of amides is 2. The fourth-order valence-electron chi connectivity index (χ4n) is 4.00. The first kappa shape index (κ1) is 18.6. The Morgan fingerprint density at radius 2 is 1.77 bits per heavy atom. The van der Waals surface area contributed by atoms with Gasteiger partial charge in [0.05, 0.1) is 34.3 Å². The summed E-state index contributed by atoms with van der Waals surface area (Å²) in [6.45, 7) is 0. The second-order valence-electron chi connectivity index (χ2n) is 7.13. The molecule has 0 aliphatic carbocycles. The van der Waals surface area contributed by atoms with E-state index in [1.54, 1.807) is 25.2 Å². The molecule has 0 bridgehead atoms. The Hall–Kier alpha value is -4.47. The maximum absolute atomic E-state index is 13.4. The normalized spacial score (nSPS) is 13.3. The Bertz CT molecular complexity index is 1530. The van der Waals surface area contributed by atoms with Crippen molar-refractivity contribution in [1.29, 1.82) is 0 Å². The second kappa shape index (κ2) is 6.26. The number of imide groups is 1. The number of imidazole rings is 1. The number of rotatable bonds is 3. The van der Waals surface area contributed by atoms with Gasteiger partial charge in [-0.15, -0.1) is 0 Å². The van der Waals surface area contributed by atoms with Gasteiger partial charge in [0, 0.05) is 36.2 Å². The van der Waals surface area contributed by atoms with Crippen LogP contribution in [0, 0.1) is 10.1 Å². The highest BCUT2D eigenvalue weighted by molar-refractivity contribution is 6.36. The standard InChI is InChI=1S/C21H14N4O6/c1-23-15-9-16(17(31-2)8-14(15)22-21(23)28)24-19(26)12-5-3-4-10-6-11(25(29)30)7-13(18(10)12)20(24)27/h3-9H,1-2H3,(H,22,28). The number of aromatic amines is 1. The van der Waals surface area contributed by atoms with E-state index in [0.29, 0.717) is 21.8 Å². The van der Waals surface area contributed by atoms with Crippen LogP contribution in [0.4, 0.5) is 11.4 Å². The van der Waals surface area contributed by atoms with Crippen LogP contribution in [0.2, 0.25) is 0 Å². The number of nitrogens with one attached hydrogen (secondary N) is 1. The summed E-state index contributed by atoms with van der Waals surface area (Å²) in [4.78, 5) is 53.2. The number of ether oxygens (including phenoxy) is 1. The molecular weight excluding hydrogens is 404 g/mol. The Morgan fingerprint density at radius 3 is 2.48 bits per heavy atom. The quantitative estimate of drug-likeness (QED) is 0.310. The van der Waals surface area contributed by atoms with Crippen LogP contribution in [-0.4, -0.2) is 33.4 Å². The molecule has 3 aromatic carbocycles. The van der Waals surface area contributed by atoms with E-state index in [-0.39, 0.29) is 33.9 Å². The summed E-state index contributed by atoms with van der Waals surface area (Å²) in [6, 6.07) is 10.3. The van der Waals surface area contributed by atoms with E-state index in [1.165, 1.54) is 35.9 Å². The fourth-order valence-corrected chi connectivity index (χ4v) is 4.00. The molecule has 1 aliphatic rings. The second-order valence-corrected chi connectivity index (χ2v) is 7.13. The smallest absolute Gasteiger partial charge is 0.326 e. The van der Waals surface area contributed by atoms with Crippen LogP contribution in [0.15, 0.2) is 47.3 Å². The van der Waals surface area contributed by atoms with Crippen molar-refractivity contribution in [2.45, 2.75) is 0 Å². The van der Waals surface area contributed by atoms with Gasteiger partial charge in [0.1, 0.15) is 5.75 Å². The molecule has 0 atom stereocenters. The van der Waals surface area contributed by atoms with Crippen LogP contribution in [0.1, 0.15) is 20.7 Å². The SMILES string of the molecule is COc1cc2[nH]c(=O)n(C)c2cc1N1C(=O)c2cccc3cc([N+](=O)[O-])cc(c23)C1=O. The molecule has 10 nitrogen and oxygen atoms in total. The van der Waals surface area contributed by atoms with Gasteiger partial charge >= 0.3 is 5.69 Å². The van der Waals surface area contributed by atoms with Crippen molar-refractivity contribution in [2.75, 3.05) is 12.0 Å². The zero-order chi connectivity index (χ0) is 22.0. The molecule has 1 N–H and O–H groups in total. The highest BCUT2D eigenvalue weighted by Gasteiger charge is 2.37. The van der Waals surface area contributed by atoms with Crippen LogP contribution in [-0.2, 0) is 7.05 Å². The maximum Gasteiger partial charge on any atom is 0.326 e. The van der Waals surface area contributed by atoms with E-state index >= 15 is 0 Å². The van der Waals surface area contributed by atoms with E-state index in [4.69, 9.17) is 4.74 Å². The van der Waals surface area contributed by atoms with Crippen LogP contribution < -0.4 is 15.3 Å². The molecule has 1 aliphatic heterocycles. The summed E-state index contributed by atoms with van der Waals surface area (Å²) in [5, 5.41) is 12.2. The molecule has 4 aromatic rings. The summed E-state index contributed by atoms with van der Waals surface area (Å²) in [7, 11) is 2.93. The number of hydrogen-bond donors (Lipinski definition) is 1. The molecule has 2 amide bonds. The van der Waals surface area contributed by atoms with Crippen LogP contribution in [0.5, 0.6) is 5.75 Å². The van der Waals surface area contributed by atoms with Crippen molar-refractivity contribution in [3.63, 3.8) is 0 Å². The van der Waals surface area contributed by atoms with Gasteiger partial charge in [-0.25, -0.2) is 9.69 Å². The number of carbonyl (C=O) groups is 2. The number of nitro benzene ring substituents is 1. The highest BCUT2D eigenvalue weighted by atomic mass is 16.6. The molecule has 0 radical (unpaired) electrons. The van der Waals surface area contributed by atoms with Crippen molar-refractivity contribution in [2.24, 2.45) is 7.05 Å². The number of nitrogens with zero attached hydrogens (tertiary/aromatic N) is 3. The number of non-ortho nitro benzene ring substituents is 1. The lowest BCUT2D eigenvalue weighted by Gasteiger charge is -2.28. The number of nitro groups is 1. The molecule has 0 saturated carbocycles. The van der Waals surface area contributed by atoms with Crippen molar-refractivity contribution >= 4 is 45.0 Å². The molecule has 5 rings (SSSR count). The fraction of sp³-hybridized carbons (Fsp3) is 0.0952. The third kappa shape index (κ3) is 2.48. The molecule has 1 aromatic heterocycles. The minimum Gasteiger partial charge on any atom is -0.494 e. The predicted molar refractivity (Wildman–Crippen MR) is 112 cm³/mol. The van der Waals surface area contributed by atoms with Gasteiger partial charge in [-0.1, -0.05) is 12.1 Å². The lowest BCUT2D eigenvalue weighted by molar-refractivity contribution is -0.384. The predicted octanol–water partition coefficient (Wildman–Crippen LogP) is 2.74. The van der Waals surface area contributed by atoms with Crippen LogP contribution in [0.3, 0.4) is 0 Å². The van der Waals surface area contributed by atoms with Crippen molar-refractivity contribution in [3.05, 3.63) is 74.2 Å². The maximum atomic E-state index is 13.4. The number of aryl methyl sites for hydroxylation is 1.